The van der Waals surface area contributed by atoms with Crippen LogP contribution in [0.4, 0.5) is 10.1 Å². The minimum absolute atomic E-state index is 0.110. The molecule has 1 amide bonds. The number of anilines is 1. The molecule has 0 saturated carbocycles. The zero-order valence-corrected chi connectivity index (χ0v) is 11.2. The van der Waals surface area contributed by atoms with Crippen molar-refractivity contribution in [3.05, 3.63) is 59.9 Å². The lowest BCUT2D eigenvalue weighted by Crippen LogP contribution is -2.20. The van der Waals surface area contributed by atoms with E-state index in [9.17, 15) is 9.18 Å². The molecule has 1 N–H and O–H groups in total. The van der Waals surface area contributed by atoms with E-state index in [1.54, 1.807) is 0 Å². The second-order valence-corrected chi connectivity index (χ2v) is 4.34. The van der Waals surface area contributed by atoms with Crippen LogP contribution in [0.1, 0.15) is 12.5 Å². The topological polar surface area (TPSA) is 38.3 Å². The fourth-order valence-electron chi connectivity index (χ4n) is 1.70. The zero-order chi connectivity index (χ0) is 14.4. The van der Waals surface area contributed by atoms with Gasteiger partial charge in [0, 0.05) is 5.69 Å². The van der Waals surface area contributed by atoms with E-state index >= 15 is 0 Å². The highest BCUT2D eigenvalue weighted by Crippen LogP contribution is 2.12. The molecule has 0 aromatic heterocycles. The van der Waals surface area contributed by atoms with Crippen LogP contribution in [-0.4, -0.2) is 12.5 Å². The van der Waals surface area contributed by atoms with Crippen LogP contribution in [0.25, 0.3) is 0 Å². The third-order valence-corrected chi connectivity index (χ3v) is 2.83. The van der Waals surface area contributed by atoms with Crippen molar-refractivity contribution in [3.8, 4) is 5.75 Å². The van der Waals surface area contributed by atoms with Gasteiger partial charge in [-0.2, -0.15) is 0 Å². The molecule has 3 nitrogen and oxygen atoms in total. The van der Waals surface area contributed by atoms with Gasteiger partial charge in [-0.05, 0) is 48.4 Å². The maximum Gasteiger partial charge on any atom is 0.262 e. The smallest absolute Gasteiger partial charge is 0.262 e. The molecular weight excluding hydrogens is 257 g/mol. The van der Waals surface area contributed by atoms with Gasteiger partial charge in [0.05, 0.1) is 0 Å². The van der Waals surface area contributed by atoms with Crippen LogP contribution < -0.4 is 10.1 Å². The molecule has 4 heteroatoms. The monoisotopic (exact) mass is 273 g/mol. The molecule has 0 radical (unpaired) electrons. The molecule has 0 unspecified atom stereocenters. The first-order chi connectivity index (χ1) is 9.67. The van der Waals surface area contributed by atoms with Gasteiger partial charge in [0.15, 0.2) is 6.61 Å². The molecule has 0 aliphatic carbocycles. The summed E-state index contributed by atoms with van der Waals surface area (Å²) in [6, 6.07) is 13.2. The lowest BCUT2D eigenvalue weighted by Gasteiger charge is -2.08. The summed E-state index contributed by atoms with van der Waals surface area (Å²) < 4.78 is 18.0. The van der Waals surface area contributed by atoms with Gasteiger partial charge in [-0.3, -0.25) is 4.79 Å². The standard InChI is InChI=1S/C16H16FNO2/c1-2-12-3-7-14(8-4-12)18-16(19)11-20-15-9-5-13(17)6-10-15/h3-10H,2,11H2,1H3,(H,18,19). The molecule has 0 saturated heterocycles. The van der Waals surface area contributed by atoms with Crippen molar-refractivity contribution in [1.82, 2.24) is 0 Å². The van der Waals surface area contributed by atoms with Gasteiger partial charge >= 0.3 is 0 Å². The van der Waals surface area contributed by atoms with E-state index < -0.39 is 0 Å². The van der Waals surface area contributed by atoms with Crippen molar-refractivity contribution in [2.24, 2.45) is 0 Å². The summed E-state index contributed by atoms with van der Waals surface area (Å²) in [5.74, 6) is -0.126. The van der Waals surface area contributed by atoms with Gasteiger partial charge in [0.25, 0.3) is 5.91 Å². The Bertz CT molecular complexity index is 564. The molecule has 2 rings (SSSR count). The normalized spacial score (nSPS) is 10.1. The first-order valence-corrected chi connectivity index (χ1v) is 6.44. The van der Waals surface area contributed by atoms with Crippen molar-refractivity contribution >= 4 is 11.6 Å². The second kappa shape index (κ2) is 6.70. The number of hydrogen-bond acceptors (Lipinski definition) is 2. The van der Waals surface area contributed by atoms with Crippen molar-refractivity contribution in [2.75, 3.05) is 11.9 Å². The summed E-state index contributed by atoms with van der Waals surface area (Å²) in [7, 11) is 0. The van der Waals surface area contributed by atoms with Crippen molar-refractivity contribution in [2.45, 2.75) is 13.3 Å². The molecule has 20 heavy (non-hydrogen) atoms. The number of benzene rings is 2. The van der Waals surface area contributed by atoms with Crippen molar-refractivity contribution in [3.63, 3.8) is 0 Å². The number of amides is 1. The molecule has 0 spiro atoms. The minimum Gasteiger partial charge on any atom is -0.484 e. The maximum absolute atomic E-state index is 12.7. The number of aryl methyl sites for hydroxylation is 1. The van der Waals surface area contributed by atoms with Crippen molar-refractivity contribution < 1.29 is 13.9 Å². The van der Waals surface area contributed by atoms with E-state index in [4.69, 9.17) is 4.74 Å². The van der Waals surface area contributed by atoms with E-state index in [2.05, 4.69) is 12.2 Å². The molecular formula is C16H16FNO2. The number of nitrogens with one attached hydrogen (secondary N) is 1. The third kappa shape index (κ3) is 4.09. The highest BCUT2D eigenvalue weighted by molar-refractivity contribution is 5.91. The molecule has 0 aliphatic rings. The van der Waals surface area contributed by atoms with Crippen LogP contribution in [0.15, 0.2) is 48.5 Å². The average Bonchev–Trinajstić information content (AvgIpc) is 2.47. The maximum atomic E-state index is 12.7. The van der Waals surface area contributed by atoms with Crippen molar-refractivity contribution in [1.29, 1.82) is 0 Å². The Hall–Kier alpha value is -2.36. The van der Waals surface area contributed by atoms with E-state index in [0.29, 0.717) is 5.75 Å². The third-order valence-electron chi connectivity index (χ3n) is 2.83. The molecule has 104 valence electrons. The number of carbonyl (C=O) groups excluding carboxylic acids is 1. The van der Waals surface area contributed by atoms with Crippen LogP contribution in [0.2, 0.25) is 0 Å². The van der Waals surface area contributed by atoms with E-state index in [1.807, 2.05) is 24.3 Å². The van der Waals surface area contributed by atoms with Gasteiger partial charge in [0.2, 0.25) is 0 Å². The number of ether oxygens (including phenoxy) is 1. The summed E-state index contributed by atoms with van der Waals surface area (Å²) in [4.78, 5) is 11.7. The summed E-state index contributed by atoms with van der Waals surface area (Å²) in [6.07, 6.45) is 0.960. The lowest BCUT2D eigenvalue weighted by molar-refractivity contribution is -0.118. The van der Waals surface area contributed by atoms with Gasteiger partial charge in [-0.1, -0.05) is 19.1 Å². The fourth-order valence-corrected chi connectivity index (χ4v) is 1.70. The summed E-state index contributed by atoms with van der Waals surface area (Å²) in [6.45, 7) is 1.96. The molecule has 0 heterocycles. The molecule has 0 fully saturated rings. The van der Waals surface area contributed by atoms with Crippen LogP contribution in [-0.2, 0) is 11.2 Å². The van der Waals surface area contributed by atoms with E-state index in [0.717, 1.165) is 12.1 Å². The largest absolute Gasteiger partial charge is 0.484 e. The Balaban J connectivity index is 1.84. The predicted octanol–water partition coefficient (Wildman–Crippen LogP) is 3.41. The predicted molar refractivity (Wildman–Crippen MR) is 76.3 cm³/mol. The van der Waals surface area contributed by atoms with Gasteiger partial charge in [-0.15, -0.1) is 0 Å². The summed E-state index contributed by atoms with van der Waals surface area (Å²) in [5.41, 5.74) is 1.94. The number of rotatable bonds is 5. The summed E-state index contributed by atoms with van der Waals surface area (Å²) in [5, 5.41) is 2.74. The molecule has 0 bridgehead atoms. The van der Waals surface area contributed by atoms with Crippen LogP contribution in [0.5, 0.6) is 5.75 Å². The number of halogens is 1. The Morgan fingerprint density at radius 2 is 1.75 bits per heavy atom. The Morgan fingerprint density at radius 3 is 2.35 bits per heavy atom. The molecule has 0 aliphatic heterocycles. The highest BCUT2D eigenvalue weighted by atomic mass is 19.1. The van der Waals surface area contributed by atoms with Crippen LogP contribution >= 0.6 is 0 Å². The van der Waals surface area contributed by atoms with E-state index in [1.165, 1.54) is 29.8 Å². The first kappa shape index (κ1) is 14.1. The van der Waals surface area contributed by atoms with Gasteiger partial charge < -0.3 is 10.1 Å². The van der Waals surface area contributed by atoms with Crippen LogP contribution in [0.3, 0.4) is 0 Å². The Kier molecular flexibility index (Phi) is 4.71. The van der Waals surface area contributed by atoms with E-state index in [-0.39, 0.29) is 18.3 Å². The lowest BCUT2D eigenvalue weighted by atomic mass is 10.1. The summed E-state index contributed by atoms with van der Waals surface area (Å²) >= 11 is 0. The average molecular weight is 273 g/mol. The number of hydrogen-bond donors (Lipinski definition) is 1. The van der Waals surface area contributed by atoms with Gasteiger partial charge in [-0.25, -0.2) is 4.39 Å². The van der Waals surface area contributed by atoms with Crippen LogP contribution in [0, 0.1) is 5.82 Å². The molecule has 2 aromatic rings. The highest BCUT2D eigenvalue weighted by Gasteiger charge is 2.04. The molecule has 2 aromatic carbocycles. The minimum atomic E-state index is -0.335. The quantitative estimate of drug-likeness (QED) is 0.906. The Labute approximate surface area is 117 Å². The second-order valence-electron chi connectivity index (χ2n) is 4.34. The zero-order valence-electron chi connectivity index (χ0n) is 11.2. The molecule has 0 atom stereocenters. The first-order valence-electron chi connectivity index (χ1n) is 6.44. The fraction of sp³-hybridized carbons (Fsp3) is 0.188. The number of carbonyl (C=O) groups is 1. The SMILES string of the molecule is CCc1ccc(NC(=O)COc2ccc(F)cc2)cc1. The Morgan fingerprint density at radius 1 is 1.10 bits per heavy atom. The van der Waals surface area contributed by atoms with Gasteiger partial charge in [0.1, 0.15) is 11.6 Å².